The monoisotopic (exact) mass is 249 g/mol. The lowest BCUT2D eigenvalue weighted by molar-refractivity contribution is -0.134. The van der Waals surface area contributed by atoms with Crippen LogP contribution in [-0.4, -0.2) is 21.0 Å². The number of aryl methyl sites for hydroxylation is 1. The first-order valence-corrected chi connectivity index (χ1v) is 5.36. The van der Waals surface area contributed by atoms with Crippen molar-refractivity contribution in [1.82, 2.24) is 4.73 Å². The Morgan fingerprint density at radius 1 is 1.17 bits per heavy atom. The van der Waals surface area contributed by atoms with Crippen LogP contribution in [0.15, 0.2) is 29.1 Å². The van der Waals surface area contributed by atoms with E-state index in [4.69, 9.17) is 9.90 Å². The second-order valence-corrected chi connectivity index (χ2v) is 3.89. The van der Waals surface area contributed by atoms with Gasteiger partial charge in [-0.25, -0.2) is 0 Å². The smallest absolute Gasteiger partial charge is 0.300 e. The maximum absolute atomic E-state index is 11.6. The van der Waals surface area contributed by atoms with Crippen LogP contribution in [0.1, 0.15) is 18.2 Å². The highest BCUT2D eigenvalue weighted by atomic mass is 16.5. The van der Waals surface area contributed by atoms with Gasteiger partial charge in [0, 0.05) is 6.92 Å². The molecule has 5 heteroatoms. The zero-order valence-electron chi connectivity index (χ0n) is 10.5. The van der Waals surface area contributed by atoms with Gasteiger partial charge in [-0.15, -0.1) is 0 Å². The molecule has 0 aliphatic heterocycles. The zero-order valence-corrected chi connectivity index (χ0v) is 10.5. The molecule has 0 unspecified atom stereocenters. The topological polar surface area (TPSA) is 79.5 Å². The molecule has 0 atom stereocenters. The summed E-state index contributed by atoms with van der Waals surface area (Å²) >= 11 is 0. The van der Waals surface area contributed by atoms with Gasteiger partial charge in [-0.3, -0.25) is 9.59 Å². The van der Waals surface area contributed by atoms with E-state index in [-0.39, 0.29) is 5.56 Å². The molecular formula is C13H15NO4. The highest BCUT2D eigenvalue weighted by molar-refractivity contribution is 5.85. The number of benzene rings is 1. The highest BCUT2D eigenvalue weighted by Gasteiger charge is 2.08. The predicted molar refractivity (Wildman–Crippen MR) is 68.2 cm³/mol. The van der Waals surface area contributed by atoms with E-state index in [1.54, 1.807) is 19.1 Å². The molecule has 0 spiro atoms. The lowest BCUT2D eigenvalue weighted by atomic mass is 10.1. The van der Waals surface area contributed by atoms with Crippen LogP contribution in [-0.2, 0) is 4.79 Å². The molecule has 2 N–H and O–H groups in total. The normalized spacial score (nSPS) is 9.72. The average molecular weight is 249 g/mol. The Morgan fingerprint density at radius 2 is 1.61 bits per heavy atom. The minimum Gasteiger partial charge on any atom is -0.481 e. The lowest BCUT2D eigenvalue weighted by Crippen LogP contribution is -2.21. The third kappa shape index (κ3) is 2.68. The summed E-state index contributed by atoms with van der Waals surface area (Å²) in [4.78, 5) is 20.6. The summed E-state index contributed by atoms with van der Waals surface area (Å²) in [7, 11) is 0. The molecule has 2 aromatic rings. The van der Waals surface area contributed by atoms with E-state index in [1.807, 2.05) is 19.1 Å². The number of aromatic nitrogens is 1. The summed E-state index contributed by atoms with van der Waals surface area (Å²) in [6, 6.07) is 7.28. The van der Waals surface area contributed by atoms with Crippen molar-refractivity contribution in [2.45, 2.75) is 20.8 Å². The van der Waals surface area contributed by atoms with Crippen LogP contribution in [0.25, 0.3) is 10.8 Å². The van der Waals surface area contributed by atoms with Gasteiger partial charge in [0.15, 0.2) is 0 Å². The molecule has 96 valence electrons. The quantitative estimate of drug-likeness (QED) is 0.699. The number of fused-ring (bicyclic) bond motifs is 1. The van der Waals surface area contributed by atoms with Gasteiger partial charge in [-0.1, -0.05) is 18.2 Å². The van der Waals surface area contributed by atoms with Gasteiger partial charge < -0.3 is 10.3 Å². The molecule has 0 saturated heterocycles. The summed E-state index contributed by atoms with van der Waals surface area (Å²) < 4.78 is 0.706. The minimum atomic E-state index is -0.833. The van der Waals surface area contributed by atoms with Crippen molar-refractivity contribution in [2.75, 3.05) is 0 Å². The molecule has 0 saturated carbocycles. The van der Waals surface area contributed by atoms with Gasteiger partial charge in [-0.2, -0.15) is 4.73 Å². The van der Waals surface area contributed by atoms with Crippen LogP contribution in [0.2, 0.25) is 0 Å². The number of nitrogens with zero attached hydrogens (tertiary/aromatic N) is 1. The molecule has 0 amide bonds. The van der Waals surface area contributed by atoms with E-state index in [9.17, 15) is 10.0 Å². The Balaban J connectivity index is 0.000000357. The Labute approximate surface area is 104 Å². The first-order valence-electron chi connectivity index (χ1n) is 5.36. The van der Waals surface area contributed by atoms with Gasteiger partial charge in [0.05, 0.1) is 11.1 Å². The molecule has 0 aliphatic rings. The summed E-state index contributed by atoms with van der Waals surface area (Å²) in [6.45, 7) is 4.70. The minimum absolute atomic E-state index is 0.358. The number of rotatable bonds is 0. The maximum Gasteiger partial charge on any atom is 0.300 e. The third-order valence-corrected chi connectivity index (χ3v) is 2.61. The van der Waals surface area contributed by atoms with Crippen LogP contribution in [0.5, 0.6) is 0 Å². The second kappa shape index (κ2) is 5.35. The van der Waals surface area contributed by atoms with E-state index < -0.39 is 5.97 Å². The van der Waals surface area contributed by atoms with Crippen molar-refractivity contribution >= 4 is 16.7 Å². The first-order chi connectivity index (χ1) is 8.36. The van der Waals surface area contributed by atoms with Gasteiger partial charge in [0.1, 0.15) is 0 Å². The lowest BCUT2D eigenvalue weighted by Gasteiger charge is -2.08. The third-order valence-electron chi connectivity index (χ3n) is 2.61. The number of pyridine rings is 1. The summed E-state index contributed by atoms with van der Waals surface area (Å²) in [5.41, 5.74) is 1.17. The SMILES string of the molecule is CC(=O)O.Cc1c(C)n(O)c(=O)c2ccccc12. The molecule has 1 aromatic carbocycles. The Kier molecular flexibility index (Phi) is 4.09. The molecule has 0 fully saturated rings. The molecule has 0 radical (unpaired) electrons. The van der Waals surface area contributed by atoms with Crippen molar-refractivity contribution in [3.05, 3.63) is 45.9 Å². The zero-order chi connectivity index (χ0) is 13.9. The van der Waals surface area contributed by atoms with Crippen LogP contribution in [0.4, 0.5) is 0 Å². The molecule has 1 aromatic heterocycles. The molecular weight excluding hydrogens is 234 g/mol. The van der Waals surface area contributed by atoms with Crippen molar-refractivity contribution < 1.29 is 15.1 Å². The van der Waals surface area contributed by atoms with Gasteiger partial charge in [0.25, 0.3) is 11.5 Å². The number of hydrogen-bond acceptors (Lipinski definition) is 3. The van der Waals surface area contributed by atoms with E-state index >= 15 is 0 Å². The van der Waals surface area contributed by atoms with Crippen molar-refractivity contribution in [3.8, 4) is 0 Å². The Hall–Kier alpha value is -2.30. The fourth-order valence-electron chi connectivity index (χ4n) is 1.62. The van der Waals surface area contributed by atoms with Crippen LogP contribution in [0, 0.1) is 13.8 Å². The number of carboxylic acids is 1. The fourth-order valence-corrected chi connectivity index (χ4v) is 1.62. The summed E-state index contributed by atoms with van der Waals surface area (Å²) in [5, 5.41) is 18.4. The number of carboxylic acid groups (broad SMARTS) is 1. The number of aliphatic carboxylic acids is 1. The van der Waals surface area contributed by atoms with Crippen molar-refractivity contribution in [2.24, 2.45) is 0 Å². The van der Waals surface area contributed by atoms with Crippen LogP contribution in [0.3, 0.4) is 0 Å². The molecule has 1 heterocycles. The van der Waals surface area contributed by atoms with Crippen LogP contribution < -0.4 is 5.56 Å². The van der Waals surface area contributed by atoms with E-state index in [0.29, 0.717) is 15.8 Å². The fraction of sp³-hybridized carbons (Fsp3) is 0.231. The van der Waals surface area contributed by atoms with E-state index in [1.165, 1.54) is 0 Å². The molecule has 2 rings (SSSR count). The molecule has 18 heavy (non-hydrogen) atoms. The van der Waals surface area contributed by atoms with E-state index in [0.717, 1.165) is 17.9 Å². The average Bonchev–Trinajstić information content (AvgIpc) is 2.33. The Bertz CT molecular complexity index is 639. The molecule has 0 bridgehead atoms. The van der Waals surface area contributed by atoms with Gasteiger partial charge >= 0.3 is 0 Å². The van der Waals surface area contributed by atoms with Crippen molar-refractivity contribution in [1.29, 1.82) is 0 Å². The first kappa shape index (κ1) is 13.8. The maximum atomic E-state index is 11.6. The van der Waals surface area contributed by atoms with Crippen LogP contribution >= 0.6 is 0 Å². The Morgan fingerprint density at radius 3 is 2.11 bits per heavy atom. The summed E-state index contributed by atoms with van der Waals surface area (Å²) in [5.74, 6) is -0.833. The number of hydrogen-bond donors (Lipinski definition) is 2. The highest BCUT2D eigenvalue weighted by Crippen LogP contribution is 2.16. The predicted octanol–water partition coefficient (Wildman–Crippen LogP) is 1.95. The second-order valence-electron chi connectivity index (χ2n) is 3.89. The molecule has 0 aliphatic carbocycles. The number of carbonyl (C=O) groups is 1. The largest absolute Gasteiger partial charge is 0.481 e. The van der Waals surface area contributed by atoms with Gasteiger partial charge in [0.2, 0.25) is 0 Å². The van der Waals surface area contributed by atoms with E-state index in [2.05, 4.69) is 0 Å². The standard InChI is InChI=1S/C11H11NO2.C2H4O2/c1-7-8(2)12(14)11(13)10-6-4-3-5-9(7)10;1-2(3)4/h3-6,14H,1-2H3;1H3,(H,3,4). The van der Waals surface area contributed by atoms with Gasteiger partial charge in [-0.05, 0) is 30.9 Å². The summed E-state index contributed by atoms with van der Waals surface area (Å²) in [6.07, 6.45) is 0. The van der Waals surface area contributed by atoms with Crippen molar-refractivity contribution in [3.63, 3.8) is 0 Å². The molecule has 5 nitrogen and oxygen atoms in total.